The number of nitrogens with zero attached hydrogens (tertiary/aromatic N) is 1. The molecule has 1 saturated carbocycles. The molecule has 0 amide bonds. The van der Waals surface area contributed by atoms with Crippen molar-refractivity contribution in [1.82, 2.24) is 10.2 Å². The second-order valence-corrected chi connectivity index (χ2v) is 7.21. The molecule has 2 heteroatoms. The summed E-state index contributed by atoms with van der Waals surface area (Å²) in [7, 11) is 0. The number of hydrogen-bond acceptors (Lipinski definition) is 2. The molecule has 0 aromatic heterocycles. The van der Waals surface area contributed by atoms with Gasteiger partial charge in [-0.05, 0) is 38.2 Å². The summed E-state index contributed by atoms with van der Waals surface area (Å²) < 4.78 is 0. The van der Waals surface area contributed by atoms with Crippen molar-refractivity contribution in [3.63, 3.8) is 0 Å². The van der Waals surface area contributed by atoms with Gasteiger partial charge in [-0.15, -0.1) is 0 Å². The van der Waals surface area contributed by atoms with E-state index < -0.39 is 0 Å². The second-order valence-electron chi connectivity index (χ2n) is 7.21. The van der Waals surface area contributed by atoms with Crippen LogP contribution in [0.2, 0.25) is 0 Å². The summed E-state index contributed by atoms with van der Waals surface area (Å²) in [6.07, 6.45) is 5.77. The monoisotopic (exact) mass is 272 g/mol. The Bertz CT molecular complexity index is 420. The van der Waals surface area contributed by atoms with Crippen LogP contribution in [0.5, 0.6) is 0 Å². The summed E-state index contributed by atoms with van der Waals surface area (Å²) >= 11 is 0. The van der Waals surface area contributed by atoms with Crippen LogP contribution >= 0.6 is 0 Å². The zero-order valence-electron chi connectivity index (χ0n) is 12.9. The summed E-state index contributed by atoms with van der Waals surface area (Å²) in [6, 6.07) is 11.4. The minimum atomic E-state index is 0.286. The fourth-order valence-corrected chi connectivity index (χ4v) is 3.75. The molecule has 1 heterocycles. The lowest BCUT2D eigenvalue weighted by Crippen LogP contribution is -2.59. The van der Waals surface area contributed by atoms with Gasteiger partial charge in [-0.3, -0.25) is 4.90 Å². The molecule has 1 aliphatic carbocycles. The Morgan fingerprint density at radius 3 is 2.55 bits per heavy atom. The highest BCUT2D eigenvalue weighted by molar-refractivity contribution is 5.20. The molecule has 1 saturated heterocycles. The molecule has 110 valence electrons. The van der Waals surface area contributed by atoms with Gasteiger partial charge in [0.25, 0.3) is 0 Å². The van der Waals surface area contributed by atoms with Gasteiger partial charge in [-0.2, -0.15) is 0 Å². The van der Waals surface area contributed by atoms with Gasteiger partial charge in [0.2, 0.25) is 0 Å². The third-order valence-corrected chi connectivity index (χ3v) is 5.20. The minimum Gasteiger partial charge on any atom is -0.307 e. The van der Waals surface area contributed by atoms with Gasteiger partial charge < -0.3 is 5.32 Å². The lowest BCUT2D eigenvalue weighted by molar-refractivity contribution is 0.0510. The summed E-state index contributed by atoms with van der Waals surface area (Å²) in [5, 5.41) is 3.74. The van der Waals surface area contributed by atoms with Gasteiger partial charge in [0.1, 0.15) is 0 Å². The van der Waals surface area contributed by atoms with Crippen LogP contribution in [0.4, 0.5) is 0 Å². The van der Waals surface area contributed by atoms with E-state index in [0.29, 0.717) is 6.04 Å². The van der Waals surface area contributed by atoms with Crippen LogP contribution < -0.4 is 5.32 Å². The number of benzene rings is 1. The molecule has 20 heavy (non-hydrogen) atoms. The number of rotatable bonds is 3. The molecule has 1 aromatic rings. The quantitative estimate of drug-likeness (QED) is 0.904. The Labute approximate surface area is 123 Å². The molecule has 0 spiro atoms. The van der Waals surface area contributed by atoms with Crippen molar-refractivity contribution >= 4 is 0 Å². The molecule has 2 fully saturated rings. The first-order valence-corrected chi connectivity index (χ1v) is 8.18. The van der Waals surface area contributed by atoms with E-state index in [9.17, 15) is 0 Å². The van der Waals surface area contributed by atoms with Gasteiger partial charge in [-0.25, -0.2) is 0 Å². The highest BCUT2D eigenvalue weighted by atomic mass is 15.3. The van der Waals surface area contributed by atoms with Gasteiger partial charge in [-0.1, -0.05) is 43.2 Å². The Hall–Kier alpha value is -0.860. The van der Waals surface area contributed by atoms with Gasteiger partial charge in [0, 0.05) is 31.2 Å². The second kappa shape index (κ2) is 5.87. The van der Waals surface area contributed by atoms with E-state index in [4.69, 9.17) is 0 Å². The summed E-state index contributed by atoms with van der Waals surface area (Å²) in [5.74, 6) is 0.934. The normalized spacial score (nSPS) is 27.8. The smallest absolute Gasteiger partial charge is 0.0450 e. The zero-order valence-corrected chi connectivity index (χ0v) is 12.9. The Morgan fingerprint density at radius 1 is 1.15 bits per heavy atom. The van der Waals surface area contributed by atoms with E-state index >= 15 is 0 Å². The highest BCUT2D eigenvalue weighted by Gasteiger charge is 2.35. The maximum absolute atomic E-state index is 3.74. The predicted molar refractivity (Wildman–Crippen MR) is 84.8 cm³/mol. The fourth-order valence-electron chi connectivity index (χ4n) is 3.75. The summed E-state index contributed by atoms with van der Waals surface area (Å²) in [5.41, 5.74) is 1.72. The zero-order chi connectivity index (χ0) is 14.0. The molecule has 0 bridgehead atoms. The Morgan fingerprint density at radius 2 is 1.85 bits per heavy atom. The van der Waals surface area contributed by atoms with Crippen LogP contribution in [0.1, 0.15) is 51.1 Å². The van der Waals surface area contributed by atoms with E-state index in [1.54, 1.807) is 0 Å². The van der Waals surface area contributed by atoms with Gasteiger partial charge >= 0.3 is 0 Å². The van der Waals surface area contributed by atoms with E-state index in [1.807, 2.05) is 0 Å². The third kappa shape index (κ3) is 3.07. The van der Waals surface area contributed by atoms with Crippen LogP contribution in [-0.4, -0.2) is 30.1 Å². The molecule has 1 aliphatic heterocycles. The standard InChI is InChI=1S/C18H28N2/c1-18(2)14-19-17(16-10-4-3-5-11-16)13-20(18)12-15-8-6-7-9-15/h3-5,10-11,15,17,19H,6-9,12-14H2,1-2H3. The average molecular weight is 272 g/mol. The Balaban J connectivity index is 1.69. The molecule has 1 N–H and O–H groups in total. The van der Waals surface area contributed by atoms with Crippen molar-refractivity contribution in [2.24, 2.45) is 5.92 Å². The lowest BCUT2D eigenvalue weighted by Gasteiger charge is -2.47. The van der Waals surface area contributed by atoms with E-state index in [0.717, 1.165) is 19.0 Å². The van der Waals surface area contributed by atoms with Crippen LogP contribution in [0, 0.1) is 5.92 Å². The molecular weight excluding hydrogens is 244 g/mol. The molecule has 1 aromatic carbocycles. The molecule has 2 nitrogen and oxygen atoms in total. The first-order valence-electron chi connectivity index (χ1n) is 8.18. The molecule has 3 rings (SSSR count). The van der Waals surface area contributed by atoms with Crippen molar-refractivity contribution in [2.75, 3.05) is 19.6 Å². The van der Waals surface area contributed by atoms with Gasteiger partial charge in [0.15, 0.2) is 0 Å². The summed E-state index contributed by atoms with van der Waals surface area (Å²) in [4.78, 5) is 2.73. The maximum Gasteiger partial charge on any atom is 0.0450 e. The van der Waals surface area contributed by atoms with Crippen molar-refractivity contribution in [3.05, 3.63) is 35.9 Å². The summed E-state index contributed by atoms with van der Waals surface area (Å²) in [6.45, 7) is 8.29. The fraction of sp³-hybridized carbons (Fsp3) is 0.667. The highest BCUT2D eigenvalue weighted by Crippen LogP contribution is 2.31. The van der Waals surface area contributed by atoms with Crippen LogP contribution in [0.3, 0.4) is 0 Å². The largest absolute Gasteiger partial charge is 0.307 e. The number of piperazine rings is 1. The van der Waals surface area contributed by atoms with Crippen LogP contribution in [-0.2, 0) is 0 Å². The third-order valence-electron chi connectivity index (χ3n) is 5.20. The van der Waals surface area contributed by atoms with Crippen molar-refractivity contribution in [3.8, 4) is 0 Å². The lowest BCUT2D eigenvalue weighted by atomic mass is 9.92. The van der Waals surface area contributed by atoms with Crippen molar-refractivity contribution in [2.45, 2.75) is 51.1 Å². The van der Waals surface area contributed by atoms with Crippen molar-refractivity contribution < 1.29 is 0 Å². The minimum absolute atomic E-state index is 0.286. The van der Waals surface area contributed by atoms with Gasteiger partial charge in [0.05, 0.1) is 0 Å². The molecular formula is C18H28N2. The topological polar surface area (TPSA) is 15.3 Å². The molecule has 2 aliphatic rings. The van der Waals surface area contributed by atoms with Crippen LogP contribution in [0.25, 0.3) is 0 Å². The first kappa shape index (κ1) is 14.1. The predicted octanol–water partition coefficient (Wildman–Crippen LogP) is 3.60. The molecule has 0 radical (unpaired) electrons. The number of nitrogens with one attached hydrogen (secondary N) is 1. The molecule has 1 atom stereocenters. The van der Waals surface area contributed by atoms with Crippen molar-refractivity contribution in [1.29, 1.82) is 0 Å². The van der Waals surface area contributed by atoms with E-state index in [2.05, 4.69) is 54.4 Å². The molecule has 1 unspecified atom stereocenters. The van der Waals surface area contributed by atoms with E-state index in [1.165, 1.54) is 37.8 Å². The van der Waals surface area contributed by atoms with E-state index in [-0.39, 0.29) is 5.54 Å². The number of hydrogen-bond donors (Lipinski definition) is 1. The average Bonchev–Trinajstić information content (AvgIpc) is 2.95. The Kier molecular flexibility index (Phi) is 4.13. The maximum atomic E-state index is 3.74. The van der Waals surface area contributed by atoms with Crippen LogP contribution in [0.15, 0.2) is 30.3 Å². The SMILES string of the molecule is CC1(C)CNC(c2ccccc2)CN1CC1CCCC1. The first-order chi connectivity index (χ1) is 9.65.